The van der Waals surface area contributed by atoms with Crippen LogP contribution in [-0.4, -0.2) is 52.2 Å². The van der Waals surface area contributed by atoms with E-state index in [9.17, 15) is 18.8 Å². The third-order valence-electron chi connectivity index (χ3n) is 7.14. The van der Waals surface area contributed by atoms with Gasteiger partial charge in [-0.1, -0.05) is 44.2 Å². The standard InChI is InChI=1S/C29H30FN3O3/c1-29(2)16-23-24(25(34)17-29)19-33(22-10-8-21(30)9-11-22)28(36)26(23)27(35)32-14-12-31(13-15-32)18-20-6-4-3-5-7-20/h3-11,19H,12-18H2,1-2H3. The van der Waals surface area contributed by atoms with Crippen LogP contribution in [0.3, 0.4) is 0 Å². The molecule has 1 fully saturated rings. The summed E-state index contributed by atoms with van der Waals surface area (Å²) >= 11 is 0. The Bertz CT molecular complexity index is 1360. The first-order valence-corrected chi connectivity index (χ1v) is 12.4. The fraction of sp³-hybridized carbons (Fsp3) is 0.345. The number of aromatic nitrogens is 1. The Morgan fingerprint density at radius 2 is 1.58 bits per heavy atom. The maximum atomic E-state index is 13.8. The SMILES string of the molecule is CC1(C)CC(=O)c2cn(-c3ccc(F)cc3)c(=O)c(C(=O)N3CCN(Cc4ccccc4)CC3)c2C1. The van der Waals surface area contributed by atoms with Gasteiger partial charge in [0.25, 0.3) is 11.5 Å². The molecule has 0 radical (unpaired) electrons. The first kappa shape index (κ1) is 24.1. The second-order valence-corrected chi connectivity index (χ2v) is 10.5. The Morgan fingerprint density at radius 1 is 0.917 bits per heavy atom. The molecule has 1 aliphatic carbocycles. The van der Waals surface area contributed by atoms with Gasteiger partial charge in [0.2, 0.25) is 0 Å². The average Bonchev–Trinajstić information content (AvgIpc) is 2.85. The van der Waals surface area contributed by atoms with Gasteiger partial charge in [0, 0.05) is 56.6 Å². The Hall–Kier alpha value is -3.58. The number of carbonyl (C=O) groups is 2. The molecule has 0 saturated carbocycles. The van der Waals surface area contributed by atoms with E-state index >= 15 is 0 Å². The Balaban J connectivity index is 1.48. The highest BCUT2D eigenvalue weighted by atomic mass is 19.1. The van der Waals surface area contributed by atoms with Gasteiger partial charge in [-0.25, -0.2) is 4.39 Å². The smallest absolute Gasteiger partial charge is 0.268 e. The lowest BCUT2D eigenvalue weighted by Crippen LogP contribution is -2.50. The molecule has 6 nitrogen and oxygen atoms in total. The maximum Gasteiger partial charge on any atom is 0.268 e. The first-order chi connectivity index (χ1) is 17.2. The molecule has 36 heavy (non-hydrogen) atoms. The van der Waals surface area contributed by atoms with E-state index in [1.54, 1.807) is 4.90 Å². The summed E-state index contributed by atoms with van der Waals surface area (Å²) in [5.74, 6) is -0.844. The molecule has 2 heterocycles. The van der Waals surface area contributed by atoms with Crippen LogP contribution in [0.5, 0.6) is 0 Å². The summed E-state index contributed by atoms with van der Waals surface area (Å²) in [5.41, 5.74) is 1.83. The van der Waals surface area contributed by atoms with E-state index in [4.69, 9.17) is 0 Å². The summed E-state index contributed by atoms with van der Waals surface area (Å²) in [4.78, 5) is 44.7. The predicted octanol–water partition coefficient (Wildman–Crippen LogP) is 4.09. The van der Waals surface area contributed by atoms with Crippen LogP contribution in [0, 0.1) is 11.2 Å². The van der Waals surface area contributed by atoms with Gasteiger partial charge in [-0.15, -0.1) is 0 Å². The molecule has 7 heteroatoms. The molecule has 1 amide bonds. The van der Waals surface area contributed by atoms with Gasteiger partial charge in [-0.3, -0.25) is 23.9 Å². The molecule has 3 aromatic rings. The molecule has 186 valence electrons. The van der Waals surface area contributed by atoms with Crippen LogP contribution in [0.1, 0.15) is 52.1 Å². The number of hydrogen-bond acceptors (Lipinski definition) is 4. The van der Waals surface area contributed by atoms with E-state index < -0.39 is 11.4 Å². The highest BCUT2D eigenvalue weighted by Gasteiger charge is 2.37. The number of nitrogens with zero attached hydrogens (tertiary/aromatic N) is 3. The van der Waals surface area contributed by atoms with E-state index in [2.05, 4.69) is 17.0 Å². The molecule has 2 aliphatic rings. The highest BCUT2D eigenvalue weighted by Crippen LogP contribution is 2.36. The third-order valence-corrected chi connectivity index (χ3v) is 7.14. The topological polar surface area (TPSA) is 62.6 Å². The summed E-state index contributed by atoms with van der Waals surface area (Å²) in [6.07, 6.45) is 2.34. The number of amides is 1. The van der Waals surface area contributed by atoms with Crippen molar-refractivity contribution in [1.29, 1.82) is 0 Å². The maximum absolute atomic E-state index is 13.8. The van der Waals surface area contributed by atoms with Gasteiger partial charge in [-0.05, 0) is 47.2 Å². The van der Waals surface area contributed by atoms with Crippen molar-refractivity contribution in [3.05, 3.63) is 99.2 Å². The van der Waals surface area contributed by atoms with E-state index in [1.165, 1.54) is 40.6 Å². The lowest BCUT2D eigenvalue weighted by molar-refractivity contribution is 0.0624. The summed E-state index contributed by atoms with van der Waals surface area (Å²) in [7, 11) is 0. The van der Waals surface area contributed by atoms with Crippen LogP contribution in [-0.2, 0) is 13.0 Å². The molecule has 0 N–H and O–H groups in total. The molecule has 0 bridgehead atoms. The summed E-state index contributed by atoms with van der Waals surface area (Å²) < 4.78 is 14.8. The predicted molar refractivity (Wildman–Crippen MR) is 136 cm³/mol. The number of hydrogen-bond donors (Lipinski definition) is 0. The second-order valence-electron chi connectivity index (χ2n) is 10.5. The fourth-order valence-corrected chi connectivity index (χ4v) is 5.27. The van der Waals surface area contributed by atoms with Gasteiger partial charge in [-0.2, -0.15) is 0 Å². The van der Waals surface area contributed by atoms with Crippen molar-refractivity contribution in [3.63, 3.8) is 0 Å². The zero-order valence-corrected chi connectivity index (χ0v) is 20.7. The minimum absolute atomic E-state index is 0.0643. The fourth-order valence-electron chi connectivity index (χ4n) is 5.27. The van der Waals surface area contributed by atoms with Crippen LogP contribution >= 0.6 is 0 Å². The molecule has 1 aliphatic heterocycles. The Morgan fingerprint density at radius 3 is 2.25 bits per heavy atom. The number of rotatable bonds is 4. The quantitative estimate of drug-likeness (QED) is 0.556. The molecule has 0 unspecified atom stereocenters. The van der Waals surface area contributed by atoms with Crippen molar-refractivity contribution in [2.45, 2.75) is 33.2 Å². The molecule has 0 atom stereocenters. The molecule has 2 aromatic carbocycles. The van der Waals surface area contributed by atoms with Gasteiger partial charge >= 0.3 is 0 Å². The minimum atomic E-state index is -0.470. The summed E-state index contributed by atoms with van der Waals surface area (Å²) in [6, 6.07) is 15.7. The number of pyridine rings is 1. The van der Waals surface area contributed by atoms with Crippen molar-refractivity contribution >= 4 is 11.7 Å². The summed E-state index contributed by atoms with van der Waals surface area (Å²) in [6.45, 7) is 7.18. The van der Waals surface area contributed by atoms with E-state index in [-0.39, 0.29) is 22.7 Å². The molecule has 0 spiro atoms. The van der Waals surface area contributed by atoms with Gasteiger partial charge in [0.15, 0.2) is 5.78 Å². The molecular weight excluding hydrogens is 457 g/mol. The van der Waals surface area contributed by atoms with E-state index in [0.29, 0.717) is 55.8 Å². The zero-order valence-electron chi connectivity index (χ0n) is 20.7. The Kier molecular flexibility index (Phi) is 6.35. The van der Waals surface area contributed by atoms with Crippen LogP contribution < -0.4 is 5.56 Å². The number of ketones is 1. The van der Waals surface area contributed by atoms with Gasteiger partial charge in [0.1, 0.15) is 11.4 Å². The summed E-state index contributed by atoms with van der Waals surface area (Å²) in [5, 5.41) is 0. The third kappa shape index (κ3) is 4.75. The highest BCUT2D eigenvalue weighted by molar-refractivity contribution is 6.04. The van der Waals surface area contributed by atoms with Crippen molar-refractivity contribution < 1.29 is 14.0 Å². The van der Waals surface area contributed by atoms with Crippen molar-refractivity contribution in [3.8, 4) is 5.69 Å². The number of fused-ring (bicyclic) bond motifs is 1. The first-order valence-electron chi connectivity index (χ1n) is 12.4. The van der Waals surface area contributed by atoms with E-state index in [1.807, 2.05) is 32.0 Å². The van der Waals surface area contributed by atoms with Crippen molar-refractivity contribution in [2.75, 3.05) is 26.2 Å². The van der Waals surface area contributed by atoms with Crippen LogP contribution in [0.4, 0.5) is 4.39 Å². The van der Waals surface area contributed by atoms with Crippen molar-refractivity contribution in [2.24, 2.45) is 5.41 Å². The number of halogens is 1. The van der Waals surface area contributed by atoms with Gasteiger partial charge < -0.3 is 4.90 Å². The Labute approximate surface area is 210 Å². The van der Waals surface area contributed by atoms with Crippen LogP contribution in [0.2, 0.25) is 0 Å². The van der Waals surface area contributed by atoms with Gasteiger partial charge in [0.05, 0.1) is 0 Å². The largest absolute Gasteiger partial charge is 0.336 e. The second kappa shape index (κ2) is 9.47. The van der Waals surface area contributed by atoms with Crippen LogP contribution in [0.25, 0.3) is 5.69 Å². The molecule has 1 aromatic heterocycles. The monoisotopic (exact) mass is 487 g/mol. The number of carbonyl (C=O) groups excluding carboxylic acids is 2. The molecule has 1 saturated heterocycles. The zero-order chi connectivity index (χ0) is 25.4. The number of benzene rings is 2. The normalized spacial score (nSPS) is 17.6. The van der Waals surface area contributed by atoms with Crippen LogP contribution in [0.15, 0.2) is 65.6 Å². The average molecular weight is 488 g/mol. The lowest BCUT2D eigenvalue weighted by Gasteiger charge is -2.36. The lowest BCUT2D eigenvalue weighted by atomic mass is 9.73. The number of Topliss-reactive ketones (excluding diaryl/α,β-unsaturated/α-hetero) is 1. The molecular formula is C29H30FN3O3. The minimum Gasteiger partial charge on any atom is -0.336 e. The number of piperazine rings is 1. The molecule has 5 rings (SSSR count). The van der Waals surface area contributed by atoms with E-state index in [0.717, 1.165) is 6.54 Å². The van der Waals surface area contributed by atoms with Crippen molar-refractivity contribution in [1.82, 2.24) is 14.4 Å².